The Morgan fingerprint density at radius 2 is 1.73 bits per heavy atom. The lowest BCUT2D eigenvalue weighted by molar-refractivity contribution is -0.00875. The maximum Gasteiger partial charge on any atom is 0.161 e. The average molecular weight is 567 g/mol. The Hall–Kier alpha value is -4.15. The Labute approximate surface area is 243 Å². The van der Waals surface area contributed by atoms with Gasteiger partial charge in [-0.25, -0.2) is 24.6 Å². The maximum absolute atomic E-state index is 6.15. The van der Waals surface area contributed by atoms with Crippen molar-refractivity contribution in [2.75, 3.05) is 18.0 Å². The molecule has 0 radical (unpaired) electrons. The molecule has 0 spiro atoms. The van der Waals surface area contributed by atoms with Crippen molar-refractivity contribution in [2.45, 2.75) is 52.2 Å². The fourth-order valence-electron chi connectivity index (χ4n) is 5.85. The van der Waals surface area contributed by atoms with Crippen LogP contribution < -0.4 is 4.90 Å². The molecule has 8 rings (SSSR count). The Balaban J connectivity index is 0.987. The number of aromatic amines is 1. The molecule has 3 aliphatic rings. The van der Waals surface area contributed by atoms with Gasteiger partial charge in [-0.2, -0.15) is 10.2 Å². The number of pyridine rings is 2. The van der Waals surface area contributed by atoms with Crippen LogP contribution in [0.3, 0.4) is 0 Å². The van der Waals surface area contributed by atoms with Gasteiger partial charge in [0.2, 0.25) is 0 Å². The van der Waals surface area contributed by atoms with Gasteiger partial charge in [0, 0.05) is 67.5 Å². The van der Waals surface area contributed by atoms with Gasteiger partial charge in [-0.3, -0.25) is 10.00 Å². The van der Waals surface area contributed by atoms with E-state index in [1.165, 1.54) is 12.0 Å². The van der Waals surface area contributed by atoms with E-state index < -0.39 is 0 Å². The molecule has 0 saturated carbocycles. The van der Waals surface area contributed by atoms with E-state index in [1.54, 1.807) is 10.9 Å². The van der Waals surface area contributed by atoms with Crippen molar-refractivity contribution in [3.63, 3.8) is 0 Å². The number of aromatic nitrogens is 8. The maximum atomic E-state index is 6.15. The standard InChI is InChI=1S/C30H31ClN10/c1-18-8-23(10-24-9-19(2)36-37-24)35-30(34-18)22-5-7-28(33-13-22)39-15-25-11-26(16-39)40(25)14-21-4-6-29(32-12-21)41-17-27(31)20(3)38-41/h4-9,12-13,17,25-26H,10-11,14-16H2,1-3H3,(H,36,37). The van der Waals surface area contributed by atoms with Crippen molar-refractivity contribution in [3.8, 4) is 17.2 Å². The Morgan fingerprint density at radius 1 is 0.927 bits per heavy atom. The van der Waals surface area contributed by atoms with E-state index in [9.17, 15) is 0 Å². The monoisotopic (exact) mass is 566 g/mol. The number of piperazine rings is 1. The highest BCUT2D eigenvalue weighted by Gasteiger charge is 2.44. The number of aryl methyl sites for hydroxylation is 3. The zero-order valence-corrected chi connectivity index (χ0v) is 24.0. The van der Waals surface area contributed by atoms with Gasteiger partial charge in [0.25, 0.3) is 0 Å². The SMILES string of the molecule is Cc1cc(Cc2cc(C)[nH]n2)nc(-c2ccc(N3CC4CC(C3)N4Cc3ccc(-n4cc(Cl)c(C)n4)nc3)nc2)n1. The molecule has 1 N–H and O–H groups in total. The lowest BCUT2D eigenvalue weighted by Crippen LogP contribution is -2.68. The lowest BCUT2D eigenvalue weighted by atomic mass is 9.87. The molecule has 3 fully saturated rings. The minimum Gasteiger partial charge on any atom is -0.353 e. The second kappa shape index (κ2) is 10.4. The first-order chi connectivity index (χ1) is 19.9. The second-order valence-corrected chi connectivity index (χ2v) is 11.5. The number of nitrogens with zero attached hydrogens (tertiary/aromatic N) is 9. The third-order valence-corrected chi connectivity index (χ3v) is 8.32. The molecule has 11 heteroatoms. The van der Waals surface area contributed by atoms with Gasteiger partial charge < -0.3 is 4.90 Å². The number of nitrogens with one attached hydrogen (secondary N) is 1. The molecule has 41 heavy (non-hydrogen) atoms. The Kier molecular flexibility index (Phi) is 6.51. The second-order valence-electron chi connectivity index (χ2n) is 11.1. The predicted octanol–water partition coefficient (Wildman–Crippen LogP) is 4.47. The first-order valence-corrected chi connectivity index (χ1v) is 14.3. The normalized spacial score (nSPS) is 18.5. The van der Waals surface area contributed by atoms with Crippen LogP contribution in [0.4, 0.5) is 5.82 Å². The molecular formula is C30H31ClN10. The van der Waals surface area contributed by atoms with E-state index in [2.05, 4.69) is 53.3 Å². The highest BCUT2D eigenvalue weighted by molar-refractivity contribution is 6.31. The third-order valence-electron chi connectivity index (χ3n) is 7.95. The molecule has 5 aromatic heterocycles. The zero-order chi connectivity index (χ0) is 28.1. The van der Waals surface area contributed by atoms with Gasteiger partial charge >= 0.3 is 0 Å². The Morgan fingerprint density at radius 3 is 2.39 bits per heavy atom. The molecule has 5 aromatic rings. The molecule has 2 unspecified atom stereocenters. The van der Waals surface area contributed by atoms with E-state index in [1.807, 2.05) is 51.4 Å². The number of hydrogen-bond acceptors (Lipinski definition) is 8. The molecule has 0 aliphatic carbocycles. The molecular weight excluding hydrogens is 536 g/mol. The van der Waals surface area contributed by atoms with Gasteiger partial charge in [-0.15, -0.1) is 0 Å². The van der Waals surface area contributed by atoms with Crippen LogP contribution in [-0.4, -0.2) is 70.0 Å². The Bertz CT molecular complexity index is 1660. The zero-order valence-electron chi connectivity index (χ0n) is 23.3. The van der Waals surface area contributed by atoms with Crippen molar-refractivity contribution in [1.29, 1.82) is 0 Å². The van der Waals surface area contributed by atoms with Gasteiger partial charge in [-0.05, 0) is 63.1 Å². The third kappa shape index (κ3) is 5.20. The fraction of sp³-hybridized carbons (Fsp3) is 0.333. The molecule has 208 valence electrons. The summed E-state index contributed by atoms with van der Waals surface area (Å²) in [4.78, 5) is 23.9. The number of halogens is 1. The minimum atomic E-state index is 0.510. The lowest BCUT2D eigenvalue weighted by Gasteiger charge is -2.56. The van der Waals surface area contributed by atoms with Crippen LogP contribution >= 0.6 is 11.6 Å². The fourth-order valence-corrected chi connectivity index (χ4v) is 5.98. The number of fused-ring (bicyclic) bond motifs is 2. The topological polar surface area (TPSA) is 105 Å². The van der Waals surface area contributed by atoms with Crippen LogP contribution in [0.25, 0.3) is 17.2 Å². The number of piperidine rings is 1. The van der Waals surface area contributed by atoms with Crippen molar-refractivity contribution in [2.24, 2.45) is 0 Å². The van der Waals surface area contributed by atoms with Crippen LogP contribution in [0.1, 0.15) is 40.5 Å². The van der Waals surface area contributed by atoms with Crippen molar-refractivity contribution in [3.05, 3.63) is 94.0 Å². The molecule has 3 aliphatic heterocycles. The van der Waals surface area contributed by atoms with Gasteiger partial charge in [0.15, 0.2) is 11.6 Å². The molecule has 8 heterocycles. The van der Waals surface area contributed by atoms with Crippen LogP contribution in [0.2, 0.25) is 5.02 Å². The van der Waals surface area contributed by atoms with Gasteiger partial charge in [0.1, 0.15) is 5.82 Å². The molecule has 0 amide bonds. The van der Waals surface area contributed by atoms with E-state index in [0.717, 1.165) is 65.3 Å². The largest absolute Gasteiger partial charge is 0.353 e. The van der Waals surface area contributed by atoms with Crippen LogP contribution in [-0.2, 0) is 13.0 Å². The minimum absolute atomic E-state index is 0.510. The quantitative estimate of drug-likeness (QED) is 0.307. The van der Waals surface area contributed by atoms with E-state index in [-0.39, 0.29) is 0 Å². The molecule has 2 bridgehead atoms. The summed E-state index contributed by atoms with van der Waals surface area (Å²) in [6.45, 7) is 8.72. The summed E-state index contributed by atoms with van der Waals surface area (Å²) in [5.41, 5.74) is 6.82. The van der Waals surface area contributed by atoms with Crippen LogP contribution in [0.5, 0.6) is 0 Å². The van der Waals surface area contributed by atoms with Gasteiger partial charge in [0.05, 0.1) is 28.3 Å². The molecule has 2 atom stereocenters. The van der Waals surface area contributed by atoms with Gasteiger partial charge in [-0.1, -0.05) is 17.7 Å². The molecule has 3 saturated heterocycles. The van der Waals surface area contributed by atoms with Crippen LogP contribution in [0.15, 0.2) is 55.0 Å². The summed E-state index contributed by atoms with van der Waals surface area (Å²) in [7, 11) is 0. The summed E-state index contributed by atoms with van der Waals surface area (Å²) < 4.78 is 1.72. The number of hydrogen-bond donors (Lipinski definition) is 1. The summed E-state index contributed by atoms with van der Waals surface area (Å²) >= 11 is 6.15. The smallest absolute Gasteiger partial charge is 0.161 e. The van der Waals surface area contributed by atoms with Crippen LogP contribution in [0, 0.1) is 20.8 Å². The van der Waals surface area contributed by atoms with Crippen molar-refractivity contribution >= 4 is 17.4 Å². The van der Waals surface area contributed by atoms with E-state index in [0.29, 0.717) is 29.4 Å². The van der Waals surface area contributed by atoms with Crippen molar-refractivity contribution < 1.29 is 0 Å². The summed E-state index contributed by atoms with van der Waals surface area (Å²) in [6, 6.07) is 13.4. The van der Waals surface area contributed by atoms with Crippen molar-refractivity contribution in [1.82, 2.24) is 44.8 Å². The predicted molar refractivity (Wildman–Crippen MR) is 157 cm³/mol. The summed E-state index contributed by atoms with van der Waals surface area (Å²) in [6.07, 6.45) is 7.52. The average Bonchev–Trinajstić information content (AvgIpc) is 3.55. The summed E-state index contributed by atoms with van der Waals surface area (Å²) in [5, 5.41) is 12.4. The molecule has 10 nitrogen and oxygen atoms in total. The number of anilines is 1. The highest BCUT2D eigenvalue weighted by atomic mass is 35.5. The highest BCUT2D eigenvalue weighted by Crippen LogP contribution is 2.35. The number of H-pyrrole nitrogens is 1. The first-order valence-electron chi connectivity index (χ1n) is 13.9. The van der Waals surface area contributed by atoms with E-state index in [4.69, 9.17) is 21.6 Å². The number of rotatable bonds is 7. The van der Waals surface area contributed by atoms with E-state index >= 15 is 0 Å². The molecule has 0 aromatic carbocycles. The summed E-state index contributed by atoms with van der Waals surface area (Å²) in [5.74, 6) is 2.47. The first kappa shape index (κ1) is 25.8.